The van der Waals surface area contributed by atoms with Gasteiger partial charge in [-0.25, -0.2) is 9.59 Å². The molecule has 3 aromatic carbocycles. The molecule has 0 radical (unpaired) electrons. The molecular formula is C25H24N2O4Si. The quantitative estimate of drug-likeness (QED) is 0.334. The van der Waals surface area contributed by atoms with Crippen LogP contribution in [0.2, 0.25) is 0 Å². The molecule has 0 aromatic heterocycles. The van der Waals surface area contributed by atoms with Gasteiger partial charge in [0.05, 0.1) is 0 Å². The number of benzene rings is 3. The van der Waals surface area contributed by atoms with Gasteiger partial charge in [-0.3, -0.25) is 0 Å². The van der Waals surface area contributed by atoms with Crippen molar-refractivity contribution >= 4 is 36.1 Å². The van der Waals surface area contributed by atoms with Gasteiger partial charge >= 0.3 is 20.5 Å². The minimum absolute atomic E-state index is 0.149. The van der Waals surface area contributed by atoms with Gasteiger partial charge in [0, 0.05) is 0 Å². The summed E-state index contributed by atoms with van der Waals surface area (Å²) in [6.07, 6.45) is 1.75. The van der Waals surface area contributed by atoms with E-state index in [9.17, 15) is 9.59 Å². The van der Waals surface area contributed by atoms with E-state index in [2.05, 4.69) is 10.2 Å². The van der Waals surface area contributed by atoms with Crippen molar-refractivity contribution in [2.45, 2.75) is 31.8 Å². The Balaban J connectivity index is 1.68. The molecule has 0 aliphatic heterocycles. The Bertz CT molecular complexity index is 972. The zero-order chi connectivity index (χ0) is 22.2. The zero-order valence-corrected chi connectivity index (χ0v) is 18.6. The van der Waals surface area contributed by atoms with E-state index in [1.54, 1.807) is 0 Å². The van der Waals surface area contributed by atoms with Crippen LogP contribution in [0.1, 0.15) is 25.7 Å². The van der Waals surface area contributed by atoms with E-state index in [-0.39, 0.29) is 6.10 Å². The normalized spacial score (nSPS) is 14.4. The second kappa shape index (κ2) is 10.1. The molecule has 1 saturated carbocycles. The summed E-state index contributed by atoms with van der Waals surface area (Å²) in [5, 5.41) is 9.67. The Morgan fingerprint density at radius 2 is 1.06 bits per heavy atom. The average Bonchev–Trinajstić information content (AvgIpc) is 3.36. The van der Waals surface area contributed by atoms with Crippen LogP contribution < -0.4 is 15.6 Å². The van der Waals surface area contributed by atoms with Crippen LogP contribution in [0.5, 0.6) is 0 Å². The van der Waals surface area contributed by atoms with Gasteiger partial charge < -0.3 is 9.16 Å². The van der Waals surface area contributed by atoms with Gasteiger partial charge in [-0.1, -0.05) is 101 Å². The van der Waals surface area contributed by atoms with Gasteiger partial charge in [0.2, 0.25) is 0 Å². The smallest absolute Gasteiger partial charge is 0.452 e. The molecule has 0 saturated heterocycles. The molecule has 4 rings (SSSR count). The Morgan fingerprint density at radius 3 is 1.50 bits per heavy atom. The molecule has 7 heteroatoms. The summed E-state index contributed by atoms with van der Waals surface area (Å²) in [6, 6.07) is 28.9. The predicted octanol–water partition coefficient (Wildman–Crippen LogP) is 4.32. The van der Waals surface area contributed by atoms with Gasteiger partial charge in [0.1, 0.15) is 6.10 Å². The minimum Gasteiger partial charge on any atom is -0.487 e. The van der Waals surface area contributed by atoms with Crippen LogP contribution in [-0.2, 0) is 9.16 Å². The highest BCUT2D eigenvalue weighted by Gasteiger charge is 2.45. The minimum atomic E-state index is -3.25. The SMILES string of the molecule is O=C(/N=N/C(=O)O[Si](c1ccccc1)(c1ccccc1)c1ccccc1)OC1CCCC1. The zero-order valence-electron chi connectivity index (χ0n) is 17.6. The number of nitrogens with zero attached hydrogens (tertiary/aromatic N) is 2. The van der Waals surface area contributed by atoms with Crippen LogP contribution in [0, 0.1) is 0 Å². The fourth-order valence-corrected chi connectivity index (χ4v) is 7.74. The second-order valence-corrected chi connectivity index (χ2v) is 10.9. The summed E-state index contributed by atoms with van der Waals surface area (Å²) in [5.74, 6) is 0. The summed E-state index contributed by atoms with van der Waals surface area (Å²) in [6.45, 7) is 0. The van der Waals surface area contributed by atoms with Gasteiger partial charge in [0.15, 0.2) is 0 Å². The van der Waals surface area contributed by atoms with E-state index < -0.39 is 20.5 Å². The highest BCUT2D eigenvalue weighted by molar-refractivity contribution is 7.07. The average molecular weight is 445 g/mol. The van der Waals surface area contributed by atoms with Crippen LogP contribution in [0.15, 0.2) is 101 Å². The molecule has 0 spiro atoms. The number of hydrogen-bond donors (Lipinski definition) is 0. The summed E-state index contributed by atoms with van der Waals surface area (Å²) >= 11 is 0. The van der Waals surface area contributed by atoms with Crippen LogP contribution >= 0.6 is 0 Å². The van der Waals surface area contributed by atoms with Crippen molar-refractivity contribution in [2.75, 3.05) is 0 Å². The number of azo groups is 1. The molecule has 1 fully saturated rings. The standard InChI is InChI=1S/C25H24N2O4Si/c28-24(30-20-12-10-11-13-20)26-27-25(29)31-32(21-14-4-1-5-15-21,22-16-6-2-7-17-22)23-18-8-3-9-19-23/h1-9,14-20H,10-13H2/b27-26+. The summed E-state index contributed by atoms with van der Waals surface area (Å²) in [5.41, 5.74) is 0. The van der Waals surface area contributed by atoms with Gasteiger partial charge in [-0.2, -0.15) is 0 Å². The van der Waals surface area contributed by atoms with E-state index in [4.69, 9.17) is 9.16 Å². The summed E-state index contributed by atoms with van der Waals surface area (Å²) in [7, 11) is -3.25. The lowest BCUT2D eigenvalue weighted by Gasteiger charge is -2.31. The number of rotatable bonds is 5. The molecule has 162 valence electrons. The molecule has 6 nitrogen and oxygen atoms in total. The van der Waals surface area contributed by atoms with E-state index in [1.807, 2.05) is 91.0 Å². The first kappa shape index (κ1) is 21.6. The van der Waals surface area contributed by atoms with E-state index in [1.165, 1.54) is 0 Å². The van der Waals surface area contributed by atoms with E-state index >= 15 is 0 Å². The Hall–Kier alpha value is -3.58. The van der Waals surface area contributed by atoms with E-state index in [0.29, 0.717) is 0 Å². The highest BCUT2D eigenvalue weighted by atomic mass is 28.4. The van der Waals surface area contributed by atoms with Crippen molar-refractivity contribution in [3.63, 3.8) is 0 Å². The first-order valence-corrected chi connectivity index (χ1v) is 12.6. The molecule has 0 N–H and O–H groups in total. The number of carbonyl (C=O) groups excluding carboxylic acids is 2. The predicted molar refractivity (Wildman–Crippen MR) is 124 cm³/mol. The van der Waals surface area contributed by atoms with Gasteiger partial charge in [-0.05, 0) is 41.2 Å². The van der Waals surface area contributed by atoms with Crippen molar-refractivity contribution in [2.24, 2.45) is 10.2 Å². The van der Waals surface area contributed by atoms with Crippen molar-refractivity contribution in [1.82, 2.24) is 0 Å². The van der Waals surface area contributed by atoms with Crippen molar-refractivity contribution in [3.05, 3.63) is 91.0 Å². The van der Waals surface area contributed by atoms with Gasteiger partial charge in [-0.15, -0.1) is 0 Å². The third-order valence-electron chi connectivity index (χ3n) is 5.56. The van der Waals surface area contributed by atoms with Crippen LogP contribution in [0.4, 0.5) is 9.59 Å². The lowest BCUT2D eigenvalue weighted by atomic mass is 10.3. The first-order chi connectivity index (χ1) is 15.7. The topological polar surface area (TPSA) is 77.3 Å². The monoisotopic (exact) mass is 444 g/mol. The highest BCUT2D eigenvalue weighted by Crippen LogP contribution is 2.21. The number of amides is 2. The molecule has 32 heavy (non-hydrogen) atoms. The lowest BCUT2D eigenvalue weighted by molar-refractivity contribution is 0.108. The molecule has 0 atom stereocenters. The molecule has 0 unspecified atom stereocenters. The van der Waals surface area contributed by atoms with Crippen LogP contribution in [-0.4, -0.2) is 26.6 Å². The molecule has 2 amide bonds. The number of hydrogen-bond acceptors (Lipinski definition) is 4. The lowest BCUT2D eigenvalue weighted by Crippen LogP contribution is -2.69. The number of carbonyl (C=O) groups is 2. The fourth-order valence-electron chi connectivity index (χ4n) is 4.10. The van der Waals surface area contributed by atoms with Crippen molar-refractivity contribution in [3.8, 4) is 0 Å². The maximum Gasteiger partial charge on any atom is 0.452 e. The Morgan fingerprint density at radius 1 is 0.656 bits per heavy atom. The third-order valence-corrected chi connectivity index (χ3v) is 9.48. The van der Waals surface area contributed by atoms with Crippen LogP contribution in [0.25, 0.3) is 0 Å². The van der Waals surface area contributed by atoms with Crippen molar-refractivity contribution in [1.29, 1.82) is 0 Å². The maximum absolute atomic E-state index is 12.9. The van der Waals surface area contributed by atoms with Crippen molar-refractivity contribution < 1.29 is 18.8 Å². The van der Waals surface area contributed by atoms with E-state index in [0.717, 1.165) is 41.2 Å². The Labute approximate surface area is 188 Å². The summed E-state index contributed by atoms with van der Waals surface area (Å²) in [4.78, 5) is 24.9. The molecule has 0 heterocycles. The maximum atomic E-state index is 12.9. The molecule has 1 aliphatic rings. The van der Waals surface area contributed by atoms with Crippen LogP contribution in [0.3, 0.4) is 0 Å². The third kappa shape index (κ3) is 4.83. The van der Waals surface area contributed by atoms with Gasteiger partial charge in [0.25, 0.3) is 0 Å². The molecule has 0 bridgehead atoms. The molecule has 3 aromatic rings. The largest absolute Gasteiger partial charge is 0.487 e. The molecule has 1 aliphatic carbocycles. The first-order valence-electron chi connectivity index (χ1n) is 10.7. The number of ether oxygens (including phenoxy) is 1. The Kier molecular flexibility index (Phi) is 6.86. The second-order valence-electron chi connectivity index (χ2n) is 7.64. The fraction of sp³-hybridized carbons (Fsp3) is 0.200. The molecular weight excluding hydrogens is 420 g/mol. The summed E-state index contributed by atoms with van der Waals surface area (Å²) < 4.78 is 11.4.